The Morgan fingerprint density at radius 2 is 1.48 bits per heavy atom. The lowest BCUT2D eigenvalue weighted by atomic mass is 10.2. The molecule has 25 heavy (non-hydrogen) atoms. The molecule has 5 nitrogen and oxygen atoms in total. The van der Waals surface area contributed by atoms with E-state index in [0.29, 0.717) is 0 Å². The van der Waals surface area contributed by atoms with Gasteiger partial charge >= 0.3 is 6.03 Å². The first-order valence-corrected chi connectivity index (χ1v) is 8.95. The van der Waals surface area contributed by atoms with Gasteiger partial charge in [0, 0.05) is 43.2 Å². The van der Waals surface area contributed by atoms with E-state index in [9.17, 15) is 4.79 Å². The van der Waals surface area contributed by atoms with Gasteiger partial charge in [-0.25, -0.2) is 4.79 Å². The number of urea groups is 1. The van der Waals surface area contributed by atoms with E-state index in [0.717, 1.165) is 37.6 Å². The Morgan fingerprint density at radius 1 is 0.880 bits per heavy atom. The lowest BCUT2D eigenvalue weighted by Crippen LogP contribution is -2.46. The van der Waals surface area contributed by atoms with E-state index >= 15 is 0 Å². The van der Waals surface area contributed by atoms with E-state index in [1.165, 1.54) is 18.7 Å². The van der Waals surface area contributed by atoms with E-state index in [4.69, 9.17) is 0 Å². The minimum absolute atomic E-state index is 0.230. The molecule has 2 N–H and O–H groups in total. The number of carbonyl (C=O) groups excluding carboxylic acids is 1. The number of anilines is 3. The van der Waals surface area contributed by atoms with Gasteiger partial charge in [0.15, 0.2) is 0 Å². The lowest BCUT2D eigenvalue weighted by Gasteiger charge is -2.36. The van der Waals surface area contributed by atoms with Gasteiger partial charge in [0.1, 0.15) is 0 Å². The van der Waals surface area contributed by atoms with Gasteiger partial charge in [-0.1, -0.05) is 25.1 Å². The largest absolute Gasteiger partial charge is 0.369 e. The van der Waals surface area contributed by atoms with Crippen molar-refractivity contribution in [2.24, 2.45) is 0 Å². The Bertz CT molecular complexity index is 664. The molecule has 1 heterocycles. The maximum absolute atomic E-state index is 12.0. The van der Waals surface area contributed by atoms with E-state index in [-0.39, 0.29) is 6.03 Å². The molecule has 2 aromatic carbocycles. The van der Waals surface area contributed by atoms with Crippen LogP contribution in [0.25, 0.3) is 0 Å². The SMILES string of the molecule is CCCN1CCN(c2ccc(NC(=O)Nc3ccccc3)cc2)CC1. The van der Waals surface area contributed by atoms with Crippen molar-refractivity contribution in [2.45, 2.75) is 13.3 Å². The maximum atomic E-state index is 12.0. The summed E-state index contributed by atoms with van der Waals surface area (Å²) in [6.07, 6.45) is 1.21. The maximum Gasteiger partial charge on any atom is 0.323 e. The van der Waals surface area contributed by atoms with Crippen LogP contribution in [0.4, 0.5) is 21.9 Å². The number of amides is 2. The molecule has 5 heteroatoms. The number of carbonyl (C=O) groups is 1. The number of rotatable bonds is 5. The highest BCUT2D eigenvalue weighted by molar-refractivity contribution is 5.99. The predicted octanol–water partition coefficient (Wildman–Crippen LogP) is 3.86. The zero-order valence-electron chi connectivity index (χ0n) is 14.7. The van der Waals surface area contributed by atoms with Gasteiger partial charge in [0.25, 0.3) is 0 Å². The zero-order chi connectivity index (χ0) is 17.5. The molecule has 0 bridgehead atoms. The Labute approximate surface area is 149 Å². The van der Waals surface area contributed by atoms with Crippen LogP contribution in [-0.4, -0.2) is 43.7 Å². The van der Waals surface area contributed by atoms with Crippen molar-refractivity contribution in [3.8, 4) is 0 Å². The number of nitrogens with one attached hydrogen (secondary N) is 2. The molecule has 0 unspecified atom stereocenters. The van der Waals surface area contributed by atoms with E-state index < -0.39 is 0 Å². The molecule has 2 aromatic rings. The van der Waals surface area contributed by atoms with Gasteiger partial charge in [-0.15, -0.1) is 0 Å². The van der Waals surface area contributed by atoms with Gasteiger partial charge in [-0.3, -0.25) is 4.90 Å². The number of hydrogen-bond donors (Lipinski definition) is 2. The van der Waals surface area contributed by atoms with Crippen molar-refractivity contribution < 1.29 is 4.79 Å². The minimum atomic E-state index is -0.230. The van der Waals surface area contributed by atoms with Crippen LogP contribution in [0.15, 0.2) is 54.6 Å². The fourth-order valence-corrected chi connectivity index (χ4v) is 3.12. The second kappa shape index (κ2) is 8.53. The molecule has 1 fully saturated rings. The normalized spacial score (nSPS) is 15.0. The highest BCUT2D eigenvalue weighted by Crippen LogP contribution is 2.20. The molecule has 0 aromatic heterocycles. The van der Waals surface area contributed by atoms with E-state index in [1.54, 1.807) is 0 Å². The van der Waals surface area contributed by atoms with Gasteiger partial charge in [0.2, 0.25) is 0 Å². The molecule has 1 aliphatic rings. The highest BCUT2D eigenvalue weighted by Gasteiger charge is 2.16. The van der Waals surface area contributed by atoms with Gasteiger partial charge < -0.3 is 15.5 Å². The number of hydrogen-bond acceptors (Lipinski definition) is 3. The summed E-state index contributed by atoms with van der Waals surface area (Å²) >= 11 is 0. The quantitative estimate of drug-likeness (QED) is 0.870. The molecule has 0 atom stereocenters. The van der Waals surface area contributed by atoms with Crippen molar-refractivity contribution in [1.29, 1.82) is 0 Å². The fourth-order valence-electron chi connectivity index (χ4n) is 3.12. The third kappa shape index (κ3) is 4.97. The first-order valence-electron chi connectivity index (χ1n) is 8.95. The average Bonchev–Trinajstić information content (AvgIpc) is 2.64. The average molecular weight is 338 g/mol. The first kappa shape index (κ1) is 17.3. The summed E-state index contributed by atoms with van der Waals surface area (Å²) in [5.41, 5.74) is 2.79. The topological polar surface area (TPSA) is 47.6 Å². The summed E-state index contributed by atoms with van der Waals surface area (Å²) < 4.78 is 0. The minimum Gasteiger partial charge on any atom is -0.369 e. The Balaban J connectivity index is 1.51. The monoisotopic (exact) mass is 338 g/mol. The standard InChI is InChI=1S/C20H26N4O/c1-2-12-23-13-15-24(16-14-23)19-10-8-18(9-11-19)22-20(25)21-17-6-4-3-5-7-17/h3-11H,2,12-16H2,1H3,(H2,21,22,25). The summed E-state index contributed by atoms with van der Waals surface area (Å²) in [6, 6.07) is 17.3. The number of nitrogens with zero attached hydrogens (tertiary/aromatic N) is 2. The molecule has 0 aliphatic carbocycles. The molecule has 1 aliphatic heterocycles. The molecule has 1 saturated heterocycles. The third-order valence-electron chi connectivity index (χ3n) is 4.43. The van der Waals surface area contributed by atoms with Crippen molar-refractivity contribution in [1.82, 2.24) is 4.90 Å². The van der Waals surface area contributed by atoms with Crippen LogP contribution in [0.1, 0.15) is 13.3 Å². The molecule has 0 spiro atoms. The van der Waals surface area contributed by atoms with Crippen molar-refractivity contribution >= 4 is 23.1 Å². The molecule has 132 valence electrons. The van der Waals surface area contributed by atoms with Crippen LogP contribution in [0.3, 0.4) is 0 Å². The van der Waals surface area contributed by atoms with Crippen LogP contribution in [-0.2, 0) is 0 Å². The number of piperazine rings is 1. The first-order chi connectivity index (χ1) is 12.2. The zero-order valence-corrected chi connectivity index (χ0v) is 14.7. The predicted molar refractivity (Wildman–Crippen MR) is 104 cm³/mol. The number of benzene rings is 2. The molecule has 3 rings (SSSR count). The van der Waals surface area contributed by atoms with Crippen LogP contribution >= 0.6 is 0 Å². The summed E-state index contributed by atoms with van der Waals surface area (Å²) in [5, 5.41) is 5.69. The van der Waals surface area contributed by atoms with Crippen LogP contribution in [0.2, 0.25) is 0 Å². The molecule has 0 saturated carbocycles. The molecule has 2 amide bonds. The van der Waals surface area contributed by atoms with Crippen LogP contribution < -0.4 is 15.5 Å². The number of para-hydroxylation sites is 1. The summed E-state index contributed by atoms with van der Waals surface area (Å²) in [4.78, 5) is 16.9. The Morgan fingerprint density at radius 3 is 2.08 bits per heavy atom. The lowest BCUT2D eigenvalue weighted by molar-refractivity contribution is 0.258. The summed E-state index contributed by atoms with van der Waals surface area (Å²) in [5.74, 6) is 0. The molecular weight excluding hydrogens is 312 g/mol. The highest BCUT2D eigenvalue weighted by atomic mass is 16.2. The van der Waals surface area contributed by atoms with Gasteiger partial charge in [0.05, 0.1) is 0 Å². The van der Waals surface area contributed by atoms with E-state index in [2.05, 4.69) is 39.5 Å². The second-order valence-electron chi connectivity index (χ2n) is 6.32. The Hall–Kier alpha value is -2.53. The second-order valence-corrected chi connectivity index (χ2v) is 6.32. The fraction of sp³-hybridized carbons (Fsp3) is 0.350. The van der Waals surface area contributed by atoms with E-state index in [1.807, 2.05) is 42.5 Å². The summed E-state index contributed by atoms with van der Waals surface area (Å²) in [6.45, 7) is 7.77. The van der Waals surface area contributed by atoms with Crippen LogP contribution in [0, 0.1) is 0 Å². The van der Waals surface area contributed by atoms with Crippen LogP contribution in [0.5, 0.6) is 0 Å². The summed E-state index contributed by atoms with van der Waals surface area (Å²) in [7, 11) is 0. The third-order valence-corrected chi connectivity index (χ3v) is 4.43. The van der Waals surface area contributed by atoms with Crippen molar-refractivity contribution in [2.75, 3.05) is 48.3 Å². The molecular formula is C20H26N4O. The van der Waals surface area contributed by atoms with Crippen molar-refractivity contribution in [3.05, 3.63) is 54.6 Å². The van der Waals surface area contributed by atoms with Gasteiger partial charge in [-0.2, -0.15) is 0 Å². The van der Waals surface area contributed by atoms with Crippen molar-refractivity contribution in [3.63, 3.8) is 0 Å². The van der Waals surface area contributed by atoms with Gasteiger partial charge in [-0.05, 0) is 49.4 Å². The molecule has 0 radical (unpaired) electrons. The smallest absolute Gasteiger partial charge is 0.323 e. The Kier molecular flexibility index (Phi) is 5.90.